The van der Waals surface area contributed by atoms with E-state index in [4.69, 9.17) is 0 Å². The Morgan fingerprint density at radius 2 is 1.80 bits per heavy atom. The summed E-state index contributed by atoms with van der Waals surface area (Å²) in [5.41, 5.74) is 1.03. The molecule has 20 heavy (non-hydrogen) atoms. The van der Waals surface area contributed by atoms with E-state index >= 15 is 0 Å². The maximum absolute atomic E-state index is 11.9. The Morgan fingerprint density at radius 1 is 1.15 bits per heavy atom. The molecule has 0 aliphatic carbocycles. The third-order valence-electron chi connectivity index (χ3n) is 2.67. The number of carbonyl (C=O) groups excluding carboxylic acids is 2. The van der Waals surface area contributed by atoms with Gasteiger partial charge >= 0.3 is 0 Å². The molecule has 0 aliphatic heterocycles. The average Bonchev–Trinajstić information content (AvgIpc) is 2.42. The minimum Gasteiger partial charge on any atom is -0.352 e. The van der Waals surface area contributed by atoms with E-state index < -0.39 is 0 Å². The zero-order valence-corrected chi connectivity index (χ0v) is 12.9. The molecule has 1 rings (SSSR count). The highest BCUT2D eigenvalue weighted by Gasteiger charge is 2.11. The smallest absolute Gasteiger partial charge is 0.253 e. The second kappa shape index (κ2) is 9.34. The number of hydrogen-bond acceptors (Lipinski definition) is 3. The van der Waals surface area contributed by atoms with Gasteiger partial charge in [-0.3, -0.25) is 9.59 Å². The molecule has 0 heterocycles. The van der Waals surface area contributed by atoms with E-state index in [9.17, 15) is 9.59 Å². The molecule has 0 atom stereocenters. The molecule has 0 aliphatic rings. The Labute approximate surface area is 126 Å². The Kier molecular flexibility index (Phi) is 8.59. The molecule has 2 N–H and O–H groups in total. The number of halogens is 1. The number of benzene rings is 1. The summed E-state index contributed by atoms with van der Waals surface area (Å²) in [4.78, 5) is 25.2. The van der Waals surface area contributed by atoms with E-state index in [-0.39, 0.29) is 24.2 Å². The quantitative estimate of drug-likeness (QED) is 0.775. The standard InChI is InChI=1S/C14H21N3O2.ClH/c1-15-8-5-9-16-13(18)11-6-4-7-12(10-11)14(19)17(2)3;/h4,6-7,10,15H,5,8-9H2,1-3H3,(H,16,18);1H. The molecule has 0 spiro atoms. The summed E-state index contributed by atoms with van der Waals surface area (Å²) in [5.74, 6) is -0.255. The molecule has 0 radical (unpaired) electrons. The minimum absolute atomic E-state index is 0. The number of carbonyl (C=O) groups is 2. The molecule has 0 fully saturated rings. The molecule has 5 nitrogen and oxygen atoms in total. The summed E-state index contributed by atoms with van der Waals surface area (Å²) < 4.78 is 0. The van der Waals surface area contributed by atoms with Crippen LogP contribution in [0.15, 0.2) is 24.3 Å². The van der Waals surface area contributed by atoms with Crippen LogP contribution in [0.25, 0.3) is 0 Å². The zero-order valence-electron chi connectivity index (χ0n) is 12.1. The first-order valence-electron chi connectivity index (χ1n) is 6.30. The van der Waals surface area contributed by atoms with E-state index in [0.29, 0.717) is 17.7 Å². The van der Waals surface area contributed by atoms with Crippen molar-refractivity contribution >= 4 is 24.2 Å². The van der Waals surface area contributed by atoms with Crippen molar-refractivity contribution in [1.82, 2.24) is 15.5 Å². The summed E-state index contributed by atoms with van der Waals surface area (Å²) in [5, 5.41) is 5.84. The number of rotatable bonds is 6. The largest absolute Gasteiger partial charge is 0.352 e. The van der Waals surface area contributed by atoms with Gasteiger partial charge in [0.25, 0.3) is 11.8 Å². The molecule has 2 amide bonds. The summed E-state index contributed by atoms with van der Waals surface area (Å²) in [6, 6.07) is 6.76. The van der Waals surface area contributed by atoms with Gasteiger partial charge < -0.3 is 15.5 Å². The normalized spacial score (nSPS) is 9.55. The number of amides is 2. The molecule has 1 aromatic rings. The summed E-state index contributed by atoms with van der Waals surface area (Å²) in [6.07, 6.45) is 0.874. The van der Waals surface area contributed by atoms with Crippen molar-refractivity contribution in [3.63, 3.8) is 0 Å². The van der Waals surface area contributed by atoms with Crippen LogP contribution >= 0.6 is 12.4 Å². The molecule has 6 heteroatoms. The van der Waals surface area contributed by atoms with Crippen molar-refractivity contribution in [2.24, 2.45) is 0 Å². The van der Waals surface area contributed by atoms with Crippen molar-refractivity contribution in [1.29, 1.82) is 0 Å². The number of nitrogens with one attached hydrogen (secondary N) is 2. The van der Waals surface area contributed by atoms with Gasteiger partial charge in [-0.1, -0.05) is 6.07 Å². The van der Waals surface area contributed by atoms with Gasteiger partial charge in [-0.2, -0.15) is 0 Å². The van der Waals surface area contributed by atoms with Crippen LogP contribution in [0.4, 0.5) is 0 Å². The van der Waals surface area contributed by atoms with Crippen LogP contribution in [0.5, 0.6) is 0 Å². The van der Waals surface area contributed by atoms with Crippen LogP contribution in [0.1, 0.15) is 27.1 Å². The lowest BCUT2D eigenvalue weighted by molar-refractivity contribution is 0.0827. The second-order valence-corrected chi connectivity index (χ2v) is 4.49. The summed E-state index contributed by atoms with van der Waals surface area (Å²) >= 11 is 0. The van der Waals surface area contributed by atoms with Gasteiger partial charge in [0.05, 0.1) is 0 Å². The van der Waals surface area contributed by atoms with Gasteiger partial charge in [0, 0.05) is 31.8 Å². The fraction of sp³-hybridized carbons (Fsp3) is 0.429. The lowest BCUT2D eigenvalue weighted by atomic mass is 10.1. The lowest BCUT2D eigenvalue weighted by Crippen LogP contribution is -2.27. The van der Waals surface area contributed by atoms with Crippen LogP contribution in [-0.2, 0) is 0 Å². The highest BCUT2D eigenvalue weighted by atomic mass is 35.5. The molecule has 112 valence electrons. The highest BCUT2D eigenvalue weighted by Crippen LogP contribution is 2.07. The first kappa shape index (κ1) is 18.4. The third kappa shape index (κ3) is 5.59. The van der Waals surface area contributed by atoms with E-state index in [2.05, 4.69) is 10.6 Å². The van der Waals surface area contributed by atoms with Crippen molar-refractivity contribution < 1.29 is 9.59 Å². The van der Waals surface area contributed by atoms with Gasteiger partial charge in [-0.05, 0) is 38.2 Å². The molecule has 0 saturated carbocycles. The Morgan fingerprint density at radius 3 is 2.40 bits per heavy atom. The van der Waals surface area contributed by atoms with Crippen molar-refractivity contribution in [3.8, 4) is 0 Å². The van der Waals surface area contributed by atoms with Gasteiger partial charge in [-0.15, -0.1) is 12.4 Å². The molecule has 1 aromatic carbocycles. The van der Waals surface area contributed by atoms with E-state index in [1.807, 2.05) is 7.05 Å². The zero-order chi connectivity index (χ0) is 14.3. The second-order valence-electron chi connectivity index (χ2n) is 4.49. The first-order valence-corrected chi connectivity index (χ1v) is 6.30. The minimum atomic E-state index is -0.149. The van der Waals surface area contributed by atoms with Gasteiger partial charge in [0.15, 0.2) is 0 Å². The molecule has 0 unspecified atom stereocenters. The van der Waals surface area contributed by atoms with E-state index in [0.717, 1.165) is 13.0 Å². The van der Waals surface area contributed by atoms with Crippen LogP contribution in [-0.4, -0.2) is 50.9 Å². The predicted molar refractivity (Wildman–Crippen MR) is 82.6 cm³/mol. The molecule has 0 aromatic heterocycles. The van der Waals surface area contributed by atoms with Crippen LogP contribution in [0.2, 0.25) is 0 Å². The third-order valence-corrected chi connectivity index (χ3v) is 2.67. The number of nitrogens with zero attached hydrogens (tertiary/aromatic N) is 1. The summed E-state index contributed by atoms with van der Waals surface area (Å²) in [6.45, 7) is 1.48. The van der Waals surface area contributed by atoms with Crippen molar-refractivity contribution in [2.75, 3.05) is 34.2 Å². The average molecular weight is 300 g/mol. The Bertz CT molecular complexity index is 450. The molecular formula is C14H22ClN3O2. The van der Waals surface area contributed by atoms with Gasteiger partial charge in [0.1, 0.15) is 0 Å². The van der Waals surface area contributed by atoms with E-state index in [1.54, 1.807) is 38.4 Å². The lowest BCUT2D eigenvalue weighted by Gasteiger charge is -2.11. The van der Waals surface area contributed by atoms with Crippen LogP contribution < -0.4 is 10.6 Å². The van der Waals surface area contributed by atoms with Crippen LogP contribution in [0.3, 0.4) is 0 Å². The predicted octanol–water partition coefficient (Wildman–Crippen LogP) is 1.15. The topological polar surface area (TPSA) is 61.4 Å². The van der Waals surface area contributed by atoms with Crippen molar-refractivity contribution in [3.05, 3.63) is 35.4 Å². The fourth-order valence-electron chi connectivity index (χ4n) is 1.62. The van der Waals surface area contributed by atoms with Gasteiger partial charge in [-0.25, -0.2) is 0 Å². The van der Waals surface area contributed by atoms with E-state index in [1.165, 1.54) is 4.90 Å². The maximum Gasteiger partial charge on any atom is 0.253 e. The SMILES string of the molecule is CNCCCNC(=O)c1cccc(C(=O)N(C)C)c1.Cl. The summed E-state index contributed by atoms with van der Waals surface area (Å²) in [7, 11) is 5.25. The monoisotopic (exact) mass is 299 g/mol. The van der Waals surface area contributed by atoms with Gasteiger partial charge in [0.2, 0.25) is 0 Å². The Hall–Kier alpha value is -1.59. The maximum atomic E-state index is 11.9. The number of hydrogen-bond donors (Lipinski definition) is 2. The fourth-order valence-corrected chi connectivity index (χ4v) is 1.62. The molecular weight excluding hydrogens is 278 g/mol. The highest BCUT2D eigenvalue weighted by molar-refractivity contribution is 5.99. The Balaban J connectivity index is 0.00000361. The van der Waals surface area contributed by atoms with Crippen molar-refractivity contribution in [2.45, 2.75) is 6.42 Å². The first-order chi connectivity index (χ1) is 9.06. The van der Waals surface area contributed by atoms with Crippen LogP contribution in [0, 0.1) is 0 Å². The molecule has 0 bridgehead atoms. The molecule has 0 saturated heterocycles.